The lowest BCUT2D eigenvalue weighted by Gasteiger charge is -2.09. The van der Waals surface area contributed by atoms with Crippen LogP contribution >= 0.6 is 63.7 Å². The Morgan fingerprint density at radius 2 is 0.800 bits per heavy atom. The van der Waals surface area contributed by atoms with E-state index in [1.807, 2.05) is 0 Å². The van der Waals surface area contributed by atoms with Gasteiger partial charge in [0.1, 0.15) is 0 Å². The van der Waals surface area contributed by atoms with Crippen molar-refractivity contribution in [2.75, 3.05) is 11.5 Å². The van der Waals surface area contributed by atoms with Gasteiger partial charge in [0.05, 0.1) is 17.9 Å². The Bertz CT molecular complexity index is 538. The molecule has 0 aliphatic heterocycles. The monoisotopic (exact) mass is 528 g/mol. The summed E-state index contributed by atoms with van der Waals surface area (Å²) >= 11 is 12.0. The van der Waals surface area contributed by atoms with Crippen LogP contribution in [0.3, 0.4) is 0 Å². The Labute approximate surface area is 149 Å². The zero-order valence-corrected chi connectivity index (χ0v) is 16.1. The van der Waals surface area contributed by atoms with Crippen LogP contribution in [0.2, 0.25) is 0 Å². The number of benzene rings is 1. The normalized spacial score (nSPS) is 15.2. The summed E-state index contributed by atoms with van der Waals surface area (Å²) in [6.45, 7) is 0. The van der Waals surface area contributed by atoms with Crippen molar-refractivity contribution in [1.29, 1.82) is 0 Å². The smallest absolute Gasteiger partial charge is 0.209 e. The minimum Gasteiger partial charge on any atom is -0.399 e. The first kappa shape index (κ1) is 17.6. The highest BCUT2D eigenvalue weighted by atomic mass is 79.9. The first-order valence-electron chi connectivity index (χ1n) is 5.06. The van der Waals surface area contributed by atoms with Crippen molar-refractivity contribution in [3.05, 3.63) is 42.2 Å². The Balaban J connectivity index is 0.000000217. The summed E-state index contributed by atoms with van der Waals surface area (Å²) in [5.74, 6) is -0.512. The highest BCUT2D eigenvalue weighted by Gasteiger charge is 2.29. The average Bonchev–Trinajstić information content (AvgIpc) is 2.45. The molecule has 1 aliphatic carbocycles. The molecule has 0 saturated heterocycles. The molecule has 0 fully saturated rings. The summed E-state index contributed by atoms with van der Waals surface area (Å²) in [6, 6.07) is 7.09. The standard InChI is InChI=1S/C6Br4O2.C6H8N2/c7-1-2(8)6(12)4(10)3(9)5(1)11;7-5-1-2-6(8)4-3-5/h;1-4H,7-8H2. The summed E-state index contributed by atoms with van der Waals surface area (Å²) in [5, 5.41) is 0. The van der Waals surface area contributed by atoms with Gasteiger partial charge in [-0.3, -0.25) is 9.59 Å². The van der Waals surface area contributed by atoms with Crippen molar-refractivity contribution in [1.82, 2.24) is 0 Å². The van der Waals surface area contributed by atoms with Crippen molar-refractivity contribution in [2.45, 2.75) is 0 Å². The van der Waals surface area contributed by atoms with Crippen molar-refractivity contribution in [3.8, 4) is 0 Å². The predicted octanol–water partition coefficient (Wildman–Crippen LogP) is 3.99. The van der Waals surface area contributed by atoms with Gasteiger partial charge in [0, 0.05) is 11.4 Å². The third-order valence-electron chi connectivity index (χ3n) is 2.12. The second-order valence-electron chi connectivity index (χ2n) is 3.58. The third kappa shape index (κ3) is 4.28. The van der Waals surface area contributed by atoms with E-state index < -0.39 is 0 Å². The van der Waals surface area contributed by atoms with E-state index in [4.69, 9.17) is 11.5 Å². The number of nitrogen functional groups attached to an aromatic ring is 2. The van der Waals surface area contributed by atoms with E-state index in [0.29, 0.717) is 0 Å². The van der Waals surface area contributed by atoms with Gasteiger partial charge in [-0.2, -0.15) is 0 Å². The lowest BCUT2D eigenvalue weighted by atomic mass is 10.2. The largest absolute Gasteiger partial charge is 0.399 e. The van der Waals surface area contributed by atoms with Crippen LogP contribution in [0.15, 0.2) is 42.2 Å². The number of halogens is 4. The summed E-state index contributed by atoms with van der Waals surface area (Å²) in [6.07, 6.45) is 0. The zero-order chi connectivity index (χ0) is 15.4. The maximum Gasteiger partial charge on any atom is 0.209 e. The van der Waals surface area contributed by atoms with E-state index in [-0.39, 0.29) is 29.5 Å². The van der Waals surface area contributed by atoms with Crippen LogP contribution in [0, 0.1) is 0 Å². The highest BCUT2D eigenvalue weighted by Crippen LogP contribution is 2.36. The molecule has 0 saturated carbocycles. The van der Waals surface area contributed by atoms with Crippen LogP contribution in [0.1, 0.15) is 0 Å². The minimum atomic E-state index is -0.256. The van der Waals surface area contributed by atoms with Gasteiger partial charge in [-0.25, -0.2) is 0 Å². The number of nitrogens with two attached hydrogens (primary N) is 2. The lowest BCUT2D eigenvalue weighted by molar-refractivity contribution is -0.114. The second-order valence-corrected chi connectivity index (χ2v) is 6.75. The SMILES string of the molecule is Nc1ccc(N)cc1.O=C1C(Br)=C(Br)C(=O)C(Br)=C1Br. The van der Waals surface area contributed by atoms with Crippen molar-refractivity contribution in [2.24, 2.45) is 0 Å². The van der Waals surface area contributed by atoms with E-state index in [1.54, 1.807) is 24.3 Å². The number of hydrogen-bond acceptors (Lipinski definition) is 4. The lowest BCUT2D eigenvalue weighted by Crippen LogP contribution is -2.13. The maximum absolute atomic E-state index is 11.3. The fraction of sp³-hybridized carbons (Fsp3) is 0. The van der Waals surface area contributed by atoms with Gasteiger partial charge in [0.25, 0.3) is 0 Å². The van der Waals surface area contributed by atoms with Gasteiger partial charge in [-0.1, -0.05) is 0 Å². The molecule has 1 aromatic carbocycles. The molecule has 4 N–H and O–H groups in total. The Morgan fingerprint density at radius 1 is 0.600 bits per heavy atom. The summed E-state index contributed by atoms with van der Waals surface area (Å²) in [5.41, 5.74) is 12.2. The van der Waals surface area contributed by atoms with Gasteiger partial charge in [-0.05, 0) is 88.0 Å². The molecule has 2 rings (SSSR count). The summed E-state index contributed by atoms with van der Waals surface area (Å²) < 4.78 is 0.954. The van der Waals surface area contributed by atoms with Crippen LogP contribution in [-0.4, -0.2) is 11.6 Å². The molecule has 0 aromatic heterocycles. The Morgan fingerprint density at radius 3 is 1.00 bits per heavy atom. The van der Waals surface area contributed by atoms with Crippen LogP contribution in [-0.2, 0) is 9.59 Å². The Kier molecular flexibility index (Phi) is 6.63. The molecule has 20 heavy (non-hydrogen) atoms. The van der Waals surface area contributed by atoms with Crippen LogP contribution in [0.4, 0.5) is 11.4 Å². The second kappa shape index (κ2) is 7.53. The fourth-order valence-corrected chi connectivity index (χ4v) is 3.13. The molecule has 0 radical (unpaired) electrons. The average molecular weight is 532 g/mol. The van der Waals surface area contributed by atoms with Crippen LogP contribution in [0.25, 0.3) is 0 Å². The molecule has 0 unspecified atom stereocenters. The zero-order valence-electron chi connectivity index (χ0n) is 9.79. The van der Waals surface area contributed by atoms with Gasteiger partial charge in [0.15, 0.2) is 0 Å². The highest BCUT2D eigenvalue weighted by molar-refractivity contribution is 9.16. The van der Waals surface area contributed by atoms with Gasteiger partial charge in [-0.15, -0.1) is 0 Å². The van der Waals surface area contributed by atoms with E-state index in [2.05, 4.69) is 63.7 Å². The van der Waals surface area contributed by atoms with Crippen LogP contribution < -0.4 is 11.5 Å². The molecular weight excluding hydrogens is 524 g/mol. The first-order chi connectivity index (χ1) is 9.25. The predicted molar refractivity (Wildman–Crippen MR) is 95.0 cm³/mol. The minimum absolute atomic E-state index is 0.238. The van der Waals surface area contributed by atoms with E-state index >= 15 is 0 Å². The molecular formula is C12H8Br4N2O2. The molecule has 0 spiro atoms. The number of hydrogen-bond donors (Lipinski definition) is 2. The molecule has 1 aliphatic rings. The van der Waals surface area contributed by atoms with Gasteiger partial charge in [0.2, 0.25) is 11.6 Å². The van der Waals surface area contributed by atoms with E-state index in [1.165, 1.54) is 0 Å². The van der Waals surface area contributed by atoms with E-state index in [9.17, 15) is 9.59 Å². The number of ketones is 2. The Hall–Kier alpha value is -0.440. The number of Topliss-reactive ketones (excluding diaryl/α,β-unsaturated/α-hetero) is 2. The van der Waals surface area contributed by atoms with E-state index in [0.717, 1.165) is 11.4 Å². The number of rotatable bonds is 0. The summed E-state index contributed by atoms with van der Waals surface area (Å²) in [7, 11) is 0. The molecule has 0 bridgehead atoms. The molecule has 8 heteroatoms. The maximum atomic E-state index is 11.3. The molecule has 4 nitrogen and oxygen atoms in total. The molecule has 0 amide bonds. The molecule has 1 aromatic rings. The topological polar surface area (TPSA) is 86.2 Å². The van der Waals surface area contributed by atoms with Gasteiger partial charge < -0.3 is 11.5 Å². The molecule has 0 heterocycles. The molecule has 0 atom stereocenters. The first-order valence-corrected chi connectivity index (χ1v) is 8.23. The quantitative estimate of drug-likeness (QED) is 0.392. The van der Waals surface area contributed by atoms with Crippen LogP contribution in [0.5, 0.6) is 0 Å². The third-order valence-corrected chi connectivity index (χ3v) is 6.21. The van der Waals surface area contributed by atoms with Crippen molar-refractivity contribution >= 4 is 86.7 Å². The fourth-order valence-electron chi connectivity index (χ4n) is 1.09. The number of allylic oxidation sites excluding steroid dienone is 4. The number of carbonyl (C=O) groups is 2. The number of carbonyl (C=O) groups excluding carboxylic acids is 2. The van der Waals surface area contributed by atoms with Crippen molar-refractivity contribution < 1.29 is 9.59 Å². The summed E-state index contributed by atoms with van der Waals surface area (Å²) in [4.78, 5) is 22.5. The van der Waals surface area contributed by atoms with Crippen molar-refractivity contribution in [3.63, 3.8) is 0 Å². The molecule has 106 valence electrons. The number of anilines is 2. The van der Waals surface area contributed by atoms with Gasteiger partial charge >= 0.3 is 0 Å².